The van der Waals surface area contributed by atoms with E-state index in [2.05, 4.69) is 77.1 Å². The maximum Gasteiger partial charge on any atom is 0.119 e. The molecule has 0 N–H and O–H groups in total. The number of likely N-dealkylation sites (tertiary alicyclic amines) is 1. The average Bonchev–Trinajstić information content (AvgIpc) is 3.22. The summed E-state index contributed by atoms with van der Waals surface area (Å²) in [4.78, 5) is 2.52. The molecule has 1 aliphatic heterocycles. The molecule has 4 nitrogen and oxygen atoms in total. The minimum absolute atomic E-state index is 0.759. The van der Waals surface area contributed by atoms with Crippen molar-refractivity contribution >= 4 is 10.9 Å². The molecule has 0 radical (unpaired) electrons. The molecule has 2 heterocycles. The lowest BCUT2D eigenvalue weighted by atomic mass is 9.88. The third kappa shape index (κ3) is 4.51. The zero-order chi connectivity index (χ0) is 24.5. The van der Waals surface area contributed by atoms with Crippen molar-refractivity contribution in [1.29, 1.82) is 0 Å². The Morgan fingerprint density at radius 2 is 1.64 bits per heavy atom. The Morgan fingerprint density at radius 3 is 2.44 bits per heavy atom. The SMILES string of the molecule is COc1ccc2c(c1)CCc1c-2n(Cc2ccc(OCCN3CCCCC3)cc2)c2ccc(C)cc12. The van der Waals surface area contributed by atoms with E-state index in [9.17, 15) is 0 Å². The minimum atomic E-state index is 0.759. The van der Waals surface area contributed by atoms with Crippen LogP contribution in [0.5, 0.6) is 11.5 Å². The number of aromatic nitrogens is 1. The van der Waals surface area contributed by atoms with Crippen molar-refractivity contribution < 1.29 is 9.47 Å². The second-order valence-corrected chi connectivity index (χ2v) is 10.4. The van der Waals surface area contributed by atoms with Gasteiger partial charge in [-0.2, -0.15) is 0 Å². The average molecular weight is 481 g/mol. The van der Waals surface area contributed by atoms with Gasteiger partial charge in [-0.05, 0) is 105 Å². The molecule has 1 fully saturated rings. The molecule has 6 rings (SSSR count). The lowest BCUT2D eigenvalue weighted by Crippen LogP contribution is -2.33. The van der Waals surface area contributed by atoms with Crippen LogP contribution >= 0.6 is 0 Å². The van der Waals surface area contributed by atoms with Gasteiger partial charge in [0.1, 0.15) is 18.1 Å². The number of aryl methyl sites for hydroxylation is 3. The summed E-state index contributed by atoms with van der Waals surface area (Å²) in [6.07, 6.45) is 6.13. The van der Waals surface area contributed by atoms with Crippen LogP contribution in [0.4, 0.5) is 0 Å². The van der Waals surface area contributed by atoms with Crippen molar-refractivity contribution in [2.24, 2.45) is 0 Å². The maximum atomic E-state index is 6.08. The standard InChI is InChI=1S/C32H36N2O2/c1-23-6-15-31-30(20-23)29-13-9-25-21-27(35-2)12-14-28(25)32(29)34(31)22-24-7-10-26(11-8-24)36-19-18-33-16-4-3-5-17-33/h6-8,10-12,14-15,20-21H,3-5,9,13,16-19,22H2,1-2H3. The topological polar surface area (TPSA) is 26.6 Å². The van der Waals surface area contributed by atoms with Crippen molar-refractivity contribution in [3.8, 4) is 22.8 Å². The molecule has 0 atom stereocenters. The summed E-state index contributed by atoms with van der Waals surface area (Å²) in [5.41, 5.74) is 9.47. The predicted octanol–water partition coefficient (Wildman–Crippen LogP) is 6.64. The van der Waals surface area contributed by atoms with Gasteiger partial charge >= 0.3 is 0 Å². The third-order valence-electron chi connectivity index (χ3n) is 7.92. The van der Waals surface area contributed by atoms with Crippen molar-refractivity contribution in [1.82, 2.24) is 9.47 Å². The van der Waals surface area contributed by atoms with E-state index in [0.29, 0.717) is 0 Å². The predicted molar refractivity (Wildman–Crippen MR) is 147 cm³/mol. The fourth-order valence-corrected chi connectivity index (χ4v) is 6.01. The first-order valence-electron chi connectivity index (χ1n) is 13.4. The van der Waals surface area contributed by atoms with Crippen molar-refractivity contribution in [3.05, 3.63) is 82.9 Å². The summed E-state index contributed by atoms with van der Waals surface area (Å²) in [6.45, 7) is 7.24. The Balaban J connectivity index is 1.27. The molecule has 36 heavy (non-hydrogen) atoms. The largest absolute Gasteiger partial charge is 0.497 e. The second-order valence-electron chi connectivity index (χ2n) is 10.4. The maximum absolute atomic E-state index is 6.08. The number of piperidine rings is 1. The van der Waals surface area contributed by atoms with Crippen LogP contribution in [0.3, 0.4) is 0 Å². The van der Waals surface area contributed by atoms with Gasteiger partial charge in [0.05, 0.1) is 12.8 Å². The molecule has 186 valence electrons. The van der Waals surface area contributed by atoms with E-state index in [0.717, 1.165) is 44.0 Å². The van der Waals surface area contributed by atoms with E-state index in [1.165, 1.54) is 76.8 Å². The highest BCUT2D eigenvalue weighted by atomic mass is 16.5. The molecular weight excluding hydrogens is 444 g/mol. The number of ether oxygens (including phenoxy) is 2. The van der Waals surface area contributed by atoms with Crippen LogP contribution in [0.25, 0.3) is 22.2 Å². The molecule has 4 heteroatoms. The zero-order valence-corrected chi connectivity index (χ0v) is 21.6. The van der Waals surface area contributed by atoms with Crippen LogP contribution in [0, 0.1) is 6.92 Å². The third-order valence-corrected chi connectivity index (χ3v) is 7.92. The molecule has 1 aliphatic carbocycles. The summed E-state index contributed by atoms with van der Waals surface area (Å²) in [5.74, 6) is 1.90. The zero-order valence-electron chi connectivity index (χ0n) is 21.6. The molecule has 2 aliphatic rings. The summed E-state index contributed by atoms with van der Waals surface area (Å²) < 4.78 is 14.1. The molecule has 3 aromatic carbocycles. The number of hydrogen-bond acceptors (Lipinski definition) is 3. The molecule has 1 saturated heterocycles. The molecule has 0 unspecified atom stereocenters. The van der Waals surface area contributed by atoms with Crippen LogP contribution in [0.15, 0.2) is 60.7 Å². The highest BCUT2D eigenvalue weighted by molar-refractivity contribution is 5.94. The number of methoxy groups -OCH3 is 1. The highest BCUT2D eigenvalue weighted by Gasteiger charge is 2.25. The fourth-order valence-electron chi connectivity index (χ4n) is 6.01. The Bertz CT molecular complexity index is 1360. The van der Waals surface area contributed by atoms with Crippen LogP contribution in [-0.2, 0) is 19.4 Å². The first kappa shape index (κ1) is 23.2. The summed E-state index contributed by atoms with van der Waals surface area (Å²) in [6, 6.07) is 22.1. The second kappa shape index (κ2) is 10.0. The number of benzene rings is 3. The monoisotopic (exact) mass is 480 g/mol. The van der Waals surface area contributed by atoms with Gasteiger partial charge in [-0.15, -0.1) is 0 Å². The van der Waals surface area contributed by atoms with Gasteiger partial charge in [0, 0.05) is 29.6 Å². The molecule has 1 aromatic heterocycles. The normalized spacial score (nSPS) is 15.5. The Kier molecular flexibility index (Phi) is 6.45. The minimum Gasteiger partial charge on any atom is -0.497 e. The van der Waals surface area contributed by atoms with E-state index in [-0.39, 0.29) is 0 Å². The molecule has 4 aromatic rings. The lowest BCUT2D eigenvalue weighted by molar-refractivity contribution is 0.183. The lowest BCUT2D eigenvalue weighted by Gasteiger charge is -2.26. The van der Waals surface area contributed by atoms with Gasteiger partial charge in [0.25, 0.3) is 0 Å². The van der Waals surface area contributed by atoms with Gasteiger partial charge in [0.15, 0.2) is 0 Å². The first-order chi connectivity index (χ1) is 17.7. The Labute approximate surface area is 214 Å². The summed E-state index contributed by atoms with van der Waals surface area (Å²) in [7, 11) is 1.75. The van der Waals surface area contributed by atoms with Crippen LogP contribution in [0.2, 0.25) is 0 Å². The summed E-state index contributed by atoms with van der Waals surface area (Å²) in [5, 5.41) is 1.39. The van der Waals surface area contributed by atoms with E-state index in [4.69, 9.17) is 9.47 Å². The molecule has 0 bridgehead atoms. The fraction of sp³-hybridized carbons (Fsp3) is 0.375. The summed E-state index contributed by atoms with van der Waals surface area (Å²) >= 11 is 0. The van der Waals surface area contributed by atoms with Crippen molar-refractivity contribution in [3.63, 3.8) is 0 Å². The smallest absolute Gasteiger partial charge is 0.119 e. The Hall–Kier alpha value is -3.24. The van der Waals surface area contributed by atoms with Gasteiger partial charge in [-0.3, -0.25) is 4.90 Å². The van der Waals surface area contributed by atoms with Crippen LogP contribution in [0.1, 0.15) is 41.5 Å². The highest BCUT2D eigenvalue weighted by Crippen LogP contribution is 2.42. The van der Waals surface area contributed by atoms with Crippen LogP contribution in [-0.4, -0.2) is 42.8 Å². The van der Waals surface area contributed by atoms with Crippen molar-refractivity contribution in [2.75, 3.05) is 33.4 Å². The van der Waals surface area contributed by atoms with Crippen molar-refractivity contribution in [2.45, 2.75) is 45.6 Å². The van der Waals surface area contributed by atoms with Crippen LogP contribution < -0.4 is 9.47 Å². The van der Waals surface area contributed by atoms with Gasteiger partial charge in [0.2, 0.25) is 0 Å². The van der Waals surface area contributed by atoms with E-state index in [1.54, 1.807) is 7.11 Å². The first-order valence-corrected chi connectivity index (χ1v) is 13.4. The van der Waals surface area contributed by atoms with Gasteiger partial charge < -0.3 is 14.0 Å². The number of rotatable bonds is 7. The van der Waals surface area contributed by atoms with E-state index in [1.807, 2.05) is 0 Å². The quantitative estimate of drug-likeness (QED) is 0.297. The van der Waals surface area contributed by atoms with Gasteiger partial charge in [-0.1, -0.05) is 30.2 Å². The van der Waals surface area contributed by atoms with E-state index < -0.39 is 0 Å². The number of nitrogens with zero attached hydrogens (tertiary/aromatic N) is 2. The number of hydrogen-bond donors (Lipinski definition) is 0. The molecule has 0 spiro atoms. The van der Waals surface area contributed by atoms with E-state index >= 15 is 0 Å². The van der Waals surface area contributed by atoms with Gasteiger partial charge in [-0.25, -0.2) is 0 Å². The molecular formula is C32H36N2O2. The Morgan fingerprint density at radius 1 is 0.833 bits per heavy atom. The molecule has 0 amide bonds. The molecule has 0 saturated carbocycles. The number of fused-ring (bicyclic) bond motifs is 5.